The van der Waals surface area contributed by atoms with Crippen LogP contribution in [0.1, 0.15) is 19.8 Å². The van der Waals surface area contributed by atoms with Gasteiger partial charge in [0.15, 0.2) is 0 Å². The SMILES string of the molecule is CCN(C1CCN(c2ccccc2)CC1)C1CNC1. The van der Waals surface area contributed by atoms with Crippen LogP contribution in [0.2, 0.25) is 0 Å². The van der Waals surface area contributed by atoms with Crippen LogP contribution in [0.15, 0.2) is 30.3 Å². The number of anilines is 1. The van der Waals surface area contributed by atoms with Crippen molar-refractivity contribution in [1.29, 1.82) is 0 Å². The molecule has 0 saturated carbocycles. The minimum Gasteiger partial charge on any atom is -0.371 e. The molecule has 0 radical (unpaired) electrons. The third-order valence-electron chi connectivity index (χ3n) is 4.65. The van der Waals surface area contributed by atoms with E-state index in [4.69, 9.17) is 0 Å². The number of likely N-dealkylation sites (N-methyl/N-ethyl adjacent to an activating group) is 1. The lowest BCUT2D eigenvalue weighted by atomic mass is 9.98. The zero-order valence-electron chi connectivity index (χ0n) is 11.9. The van der Waals surface area contributed by atoms with Crippen molar-refractivity contribution >= 4 is 5.69 Å². The van der Waals surface area contributed by atoms with E-state index >= 15 is 0 Å². The molecule has 1 N–H and O–H groups in total. The first kappa shape index (κ1) is 12.9. The van der Waals surface area contributed by atoms with Gasteiger partial charge in [-0.2, -0.15) is 0 Å². The number of rotatable bonds is 4. The van der Waals surface area contributed by atoms with Crippen LogP contribution >= 0.6 is 0 Å². The Labute approximate surface area is 116 Å². The third kappa shape index (κ3) is 2.77. The largest absolute Gasteiger partial charge is 0.371 e. The molecule has 0 unspecified atom stereocenters. The quantitative estimate of drug-likeness (QED) is 0.891. The van der Waals surface area contributed by atoms with Crippen molar-refractivity contribution in [1.82, 2.24) is 10.2 Å². The minimum atomic E-state index is 0.789. The van der Waals surface area contributed by atoms with E-state index < -0.39 is 0 Å². The number of hydrogen-bond donors (Lipinski definition) is 1. The molecule has 0 aromatic heterocycles. The summed E-state index contributed by atoms with van der Waals surface area (Å²) in [6, 6.07) is 12.4. The molecule has 2 aliphatic heterocycles. The second-order valence-corrected chi connectivity index (χ2v) is 5.70. The molecule has 3 rings (SSSR count). The summed E-state index contributed by atoms with van der Waals surface area (Å²) in [4.78, 5) is 5.25. The molecule has 2 aliphatic rings. The summed E-state index contributed by atoms with van der Waals surface area (Å²) in [5.74, 6) is 0. The van der Waals surface area contributed by atoms with Gasteiger partial charge in [0.25, 0.3) is 0 Å². The van der Waals surface area contributed by atoms with Crippen molar-refractivity contribution in [2.75, 3.05) is 37.6 Å². The number of benzene rings is 1. The van der Waals surface area contributed by atoms with Gasteiger partial charge in [-0.3, -0.25) is 4.90 Å². The van der Waals surface area contributed by atoms with Crippen molar-refractivity contribution in [3.8, 4) is 0 Å². The molecule has 0 spiro atoms. The Bertz CT molecular complexity index is 380. The van der Waals surface area contributed by atoms with Crippen LogP contribution in [-0.4, -0.2) is 49.7 Å². The van der Waals surface area contributed by atoms with Gasteiger partial charge in [-0.05, 0) is 31.5 Å². The summed E-state index contributed by atoms with van der Waals surface area (Å²) in [5.41, 5.74) is 1.38. The molecule has 1 aromatic rings. The lowest BCUT2D eigenvalue weighted by molar-refractivity contribution is 0.0866. The van der Waals surface area contributed by atoms with E-state index in [1.54, 1.807) is 0 Å². The Morgan fingerprint density at radius 1 is 1.11 bits per heavy atom. The van der Waals surface area contributed by atoms with Gasteiger partial charge in [-0.25, -0.2) is 0 Å². The molecule has 0 bridgehead atoms. The van der Waals surface area contributed by atoms with Crippen LogP contribution in [-0.2, 0) is 0 Å². The number of para-hydroxylation sites is 1. The molecule has 104 valence electrons. The van der Waals surface area contributed by atoms with E-state index in [9.17, 15) is 0 Å². The van der Waals surface area contributed by atoms with Crippen molar-refractivity contribution in [2.24, 2.45) is 0 Å². The fourth-order valence-corrected chi connectivity index (χ4v) is 3.42. The monoisotopic (exact) mass is 259 g/mol. The van der Waals surface area contributed by atoms with E-state index in [0.717, 1.165) is 12.1 Å². The second-order valence-electron chi connectivity index (χ2n) is 5.70. The highest BCUT2D eigenvalue weighted by atomic mass is 15.3. The fraction of sp³-hybridized carbons (Fsp3) is 0.625. The topological polar surface area (TPSA) is 18.5 Å². The van der Waals surface area contributed by atoms with Crippen molar-refractivity contribution in [2.45, 2.75) is 31.8 Å². The maximum absolute atomic E-state index is 3.40. The molecule has 3 nitrogen and oxygen atoms in total. The standard InChI is InChI=1S/C16H25N3/c1-2-19(16-12-17-13-16)15-8-10-18(11-9-15)14-6-4-3-5-7-14/h3-7,15-17H,2,8-13H2,1H3. The zero-order chi connectivity index (χ0) is 13.1. The highest BCUT2D eigenvalue weighted by molar-refractivity contribution is 5.46. The summed E-state index contributed by atoms with van der Waals surface area (Å²) < 4.78 is 0. The first-order chi connectivity index (χ1) is 9.38. The second kappa shape index (κ2) is 5.93. The Morgan fingerprint density at radius 3 is 2.32 bits per heavy atom. The maximum Gasteiger partial charge on any atom is 0.0366 e. The maximum atomic E-state index is 3.40. The van der Waals surface area contributed by atoms with Crippen LogP contribution in [0.5, 0.6) is 0 Å². The zero-order valence-corrected chi connectivity index (χ0v) is 11.9. The summed E-state index contributed by atoms with van der Waals surface area (Å²) in [6.45, 7) is 8.28. The lowest BCUT2D eigenvalue weighted by Gasteiger charge is -2.45. The Balaban J connectivity index is 1.56. The highest BCUT2D eigenvalue weighted by Gasteiger charge is 2.31. The van der Waals surface area contributed by atoms with E-state index in [-0.39, 0.29) is 0 Å². The van der Waals surface area contributed by atoms with Gasteiger partial charge >= 0.3 is 0 Å². The Morgan fingerprint density at radius 2 is 1.79 bits per heavy atom. The summed E-state index contributed by atoms with van der Waals surface area (Å²) >= 11 is 0. The molecular formula is C16H25N3. The van der Waals surface area contributed by atoms with Gasteiger partial charge in [0.05, 0.1) is 0 Å². The summed E-state index contributed by atoms with van der Waals surface area (Å²) in [6.07, 6.45) is 2.61. The molecule has 0 atom stereocenters. The van der Waals surface area contributed by atoms with Gasteiger partial charge in [-0.1, -0.05) is 25.1 Å². The van der Waals surface area contributed by atoms with E-state index in [2.05, 4.69) is 52.4 Å². The number of nitrogens with zero attached hydrogens (tertiary/aromatic N) is 2. The van der Waals surface area contributed by atoms with Crippen LogP contribution in [0, 0.1) is 0 Å². The van der Waals surface area contributed by atoms with Crippen LogP contribution in [0.4, 0.5) is 5.69 Å². The third-order valence-corrected chi connectivity index (χ3v) is 4.65. The van der Waals surface area contributed by atoms with Crippen LogP contribution in [0.3, 0.4) is 0 Å². The van der Waals surface area contributed by atoms with Crippen LogP contribution in [0.25, 0.3) is 0 Å². The molecule has 1 aromatic carbocycles. The normalized spacial score (nSPS) is 21.7. The highest BCUT2D eigenvalue weighted by Crippen LogP contribution is 2.24. The molecule has 2 fully saturated rings. The molecule has 0 amide bonds. The fourth-order valence-electron chi connectivity index (χ4n) is 3.42. The Hall–Kier alpha value is -1.06. The van der Waals surface area contributed by atoms with E-state index in [1.807, 2.05) is 0 Å². The minimum absolute atomic E-state index is 0.789. The molecule has 19 heavy (non-hydrogen) atoms. The van der Waals surface area contributed by atoms with Gasteiger partial charge in [0.1, 0.15) is 0 Å². The summed E-state index contributed by atoms with van der Waals surface area (Å²) in [7, 11) is 0. The molecule has 2 saturated heterocycles. The Kier molecular flexibility index (Phi) is 4.04. The summed E-state index contributed by atoms with van der Waals surface area (Å²) in [5, 5.41) is 3.40. The number of nitrogens with one attached hydrogen (secondary N) is 1. The van der Waals surface area contributed by atoms with E-state index in [1.165, 1.54) is 51.3 Å². The van der Waals surface area contributed by atoms with Gasteiger partial charge in [0.2, 0.25) is 0 Å². The molecular weight excluding hydrogens is 234 g/mol. The van der Waals surface area contributed by atoms with Crippen molar-refractivity contribution in [3.63, 3.8) is 0 Å². The molecule has 0 aliphatic carbocycles. The van der Waals surface area contributed by atoms with E-state index in [0.29, 0.717) is 0 Å². The average molecular weight is 259 g/mol. The lowest BCUT2D eigenvalue weighted by Crippen LogP contribution is -2.61. The number of piperidine rings is 1. The number of hydrogen-bond acceptors (Lipinski definition) is 3. The first-order valence-electron chi connectivity index (χ1n) is 7.65. The van der Waals surface area contributed by atoms with Gasteiger partial charge in [-0.15, -0.1) is 0 Å². The smallest absolute Gasteiger partial charge is 0.0366 e. The van der Waals surface area contributed by atoms with Crippen LogP contribution < -0.4 is 10.2 Å². The molecule has 3 heteroatoms. The van der Waals surface area contributed by atoms with Gasteiger partial charge in [0, 0.05) is 44.0 Å². The predicted molar refractivity (Wildman–Crippen MR) is 80.7 cm³/mol. The van der Waals surface area contributed by atoms with Crippen molar-refractivity contribution < 1.29 is 0 Å². The first-order valence-corrected chi connectivity index (χ1v) is 7.65. The average Bonchev–Trinajstić information content (AvgIpc) is 2.44. The predicted octanol–water partition coefficient (Wildman–Crippen LogP) is 1.95. The molecule has 2 heterocycles. The van der Waals surface area contributed by atoms with Crippen molar-refractivity contribution in [3.05, 3.63) is 30.3 Å². The van der Waals surface area contributed by atoms with Gasteiger partial charge < -0.3 is 10.2 Å².